The smallest absolute Gasteiger partial charge is 0.490 e. The number of ether oxygens (including phenoxy) is 5. The van der Waals surface area contributed by atoms with E-state index in [2.05, 4.69) is 71.6 Å². The fourth-order valence-electron chi connectivity index (χ4n) is 12.4. The number of ketones is 1. The SMILES string of the molecule is [N-]=[N+]=NCOC1CC(n2cc(C#CCNC(=O)COCCOC(COc3cccc(C(=O)NCCCC(=O)CCCN(CCCS(=O)(=O)O)C(=O)c4ccccc4-c4c(-c5nc6ccccc6s5)c(=O)oc5c6c7c(cc45)CCCN7CCC6)c3)N=[N+]=[N-])c(N)nc2=O)OC1COP(=O)(O)OP(=O)(O)OP(=O)(O)O. The Morgan fingerprint density at radius 3 is 2.42 bits per heavy atom. The molecule has 0 bridgehead atoms. The summed E-state index contributed by atoms with van der Waals surface area (Å²) < 4.78 is 117. The normalized spacial score (nSPS) is 16.8. The molecule has 10 rings (SSSR count). The lowest BCUT2D eigenvalue weighted by atomic mass is 9.86. The number of Topliss-reactive ketones (excluding diaryl/α,β-unsaturated/α-hetero) is 1. The number of hydrogen-bond acceptors (Lipinski definition) is 27. The Labute approximate surface area is 623 Å². The van der Waals surface area contributed by atoms with Crippen LogP contribution in [0.5, 0.6) is 5.75 Å². The van der Waals surface area contributed by atoms with Crippen molar-refractivity contribution in [2.75, 3.05) is 95.4 Å². The maximum absolute atomic E-state index is 15.1. The van der Waals surface area contributed by atoms with Crippen LogP contribution in [0, 0.1) is 11.8 Å². The third kappa shape index (κ3) is 22.9. The van der Waals surface area contributed by atoms with Crippen molar-refractivity contribution in [3.63, 3.8) is 0 Å². The van der Waals surface area contributed by atoms with Crippen LogP contribution in [0.2, 0.25) is 0 Å². The minimum Gasteiger partial charge on any atom is -0.491 e. The van der Waals surface area contributed by atoms with Gasteiger partial charge in [-0.3, -0.25) is 32.8 Å². The summed E-state index contributed by atoms with van der Waals surface area (Å²) in [5.41, 5.74) is 28.0. The Bertz CT molecular complexity index is 5100. The van der Waals surface area contributed by atoms with Crippen molar-refractivity contribution >= 4 is 101 Å². The first-order chi connectivity index (χ1) is 52.1. The minimum absolute atomic E-state index is 0.0285. The second-order valence-electron chi connectivity index (χ2n) is 24.6. The summed E-state index contributed by atoms with van der Waals surface area (Å²) in [6.07, 6.45) is -0.419. The van der Waals surface area contributed by atoms with E-state index >= 15 is 4.79 Å². The quantitative estimate of drug-likeness (QED) is 0.00274. The first-order valence-electron chi connectivity index (χ1n) is 33.6. The lowest BCUT2D eigenvalue weighted by Crippen LogP contribution is -2.35. The van der Waals surface area contributed by atoms with Gasteiger partial charge in [0.1, 0.15) is 65.8 Å². The van der Waals surface area contributed by atoms with Crippen molar-refractivity contribution in [3.05, 3.63) is 155 Å². The number of aryl methyl sites for hydroxylation is 2. The molecule has 3 aliphatic heterocycles. The van der Waals surface area contributed by atoms with E-state index in [1.807, 2.05) is 24.3 Å². The van der Waals surface area contributed by atoms with Gasteiger partial charge in [0, 0.05) is 101 Å². The number of benzene rings is 4. The molecule has 4 aromatic carbocycles. The highest BCUT2D eigenvalue weighted by atomic mass is 32.2. The van der Waals surface area contributed by atoms with Crippen molar-refractivity contribution in [1.29, 1.82) is 0 Å². The number of phosphoric ester groups is 1. The van der Waals surface area contributed by atoms with Gasteiger partial charge in [-0.25, -0.2) is 28.3 Å². The zero-order valence-electron chi connectivity index (χ0n) is 57.7. The molecule has 6 heterocycles. The molecule has 6 atom stereocenters. The second-order valence-corrected chi connectivity index (χ2v) is 31.6. The summed E-state index contributed by atoms with van der Waals surface area (Å²) in [7, 11) is -21.6. The molecule has 9 N–H and O–H groups in total. The molecule has 580 valence electrons. The average Bonchev–Trinajstić information content (AvgIpc) is 1.59. The van der Waals surface area contributed by atoms with Crippen LogP contribution in [0.25, 0.3) is 63.8 Å². The molecule has 7 aromatic rings. The Kier molecular flexibility index (Phi) is 28.2. The molecule has 3 amide bonds. The van der Waals surface area contributed by atoms with Gasteiger partial charge in [0.2, 0.25) is 5.91 Å². The lowest BCUT2D eigenvalue weighted by molar-refractivity contribution is -0.126. The zero-order valence-corrected chi connectivity index (χ0v) is 62.0. The number of rotatable bonds is 38. The summed E-state index contributed by atoms with van der Waals surface area (Å²) in [6.45, 7) is -1.16. The molecule has 0 aliphatic carbocycles. The summed E-state index contributed by atoms with van der Waals surface area (Å²) in [4.78, 5) is 137. The Morgan fingerprint density at radius 2 is 1.65 bits per heavy atom. The number of phosphoric acid groups is 3. The van der Waals surface area contributed by atoms with Crippen LogP contribution in [0.15, 0.2) is 109 Å². The van der Waals surface area contributed by atoms with Crippen molar-refractivity contribution < 1.29 is 107 Å². The van der Waals surface area contributed by atoms with Crippen LogP contribution in [-0.4, -0.2) is 179 Å². The fraction of sp³-hybridized carbons (Fsp3) is 0.415. The van der Waals surface area contributed by atoms with Gasteiger partial charge >= 0.3 is 34.8 Å². The van der Waals surface area contributed by atoms with Gasteiger partial charge in [-0.05, 0) is 110 Å². The molecule has 0 radical (unpaired) electrons. The molecule has 3 aromatic heterocycles. The number of azide groups is 2. The number of nitrogens with two attached hydrogens (primary N) is 1. The molecule has 0 spiro atoms. The van der Waals surface area contributed by atoms with Gasteiger partial charge in [-0.1, -0.05) is 58.5 Å². The number of thiazole rings is 1. The number of hydrogen-bond donors (Lipinski definition) is 8. The highest BCUT2D eigenvalue weighted by molar-refractivity contribution is 7.85. The topological polar surface area (TPSA) is 561 Å². The Hall–Kier alpha value is -9.32. The van der Waals surface area contributed by atoms with Crippen LogP contribution < -0.4 is 37.3 Å². The summed E-state index contributed by atoms with van der Waals surface area (Å²) in [5, 5.41) is 13.1. The highest BCUT2D eigenvalue weighted by Crippen LogP contribution is 2.66. The first kappa shape index (κ1) is 82.2. The van der Waals surface area contributed by atoms with E-state index in [0.717, 1.165) is 64.6 Å². The van der Waals surface area contributed by atoms with Crippen LogP contribution in [0.1, 0.15) is 95.0 Å². The zero-order chi connectivity index (χ0) is 78.0. The standard InChI is InChI=1S/C65H73N14O25P3S2/c66-60-42(35-79(65(85)73-60)55-34-50(99-39-71-75-67)51(101-55)36-100-106(89,90)104-107(91,92)103-105(86,87)88)13-6-23-69-53(81)37-96-29-30-97-54(74-76-68)38-98-44-17-5-12-41(32-44)61(82)70-24-7-15-43(80)16-9-27-78(28-11-31-109(93,94)95)63(83)46-19-2-1-18-45(46)56-48-33-40-14-8-25-77-26-10-20-47(58(40)77)59(48)102-64(84)57(56)62-72-49-21-3-4-22-52(49)108-62/h1-5,12,17-19,21-22,32-33,35,50-51,54-55H,7-11,14-16,20,23-31,34,36-39H2,(H,69,81)(H,70,82)(H,89,90)(H,91,92)(H2,66,73,85)(H2,86,87,88)(H,93,94,95). The lowest BCUT2D eigenvalue weighted by Gasteiger charge is -2.37. The molecule has 44 heteroatoms. The molecule has 1 saturated heterocycles. The number of aromatic nitrogens is 3. The van der Waals surface area contributed by atoms with E-state index < -0.39 is 113 Å². The van der Waals surface area contributed by atoms with Crippen molar-refractivity contribution in [1.82, 2.24) is 30.1 Å². The van der Waals surface area contributed by atoms with Gasteiger partial charge in [0.25, 0.3) is 21.9 Å². The number of nitrogens with zero attached hydrogens (tertiary/aromatic N) is 11. The molecular weight excluding hydrogens is 1530 g/mol. The molecule has 1 fully saturated rings. The second kappa shape index (κ2) is 37.4. The van der Waals surface area contributed by atoms with Gasteiger partial charge in [-0.2, -0.15) is 22.0 Å². The Morgan fingerprint density at radius 1 is 0.890 bits per heavy atom. The summed E-state index contributed by atoms with van der Waals surface area (Å²) in [6, 6.07) is 22.6. The molecule has 39 nitrogen and oxygen atoms in total. The van der Waals surface area contributed by atoms with Crippen LogP contribution in [0.3, 0.4) is 0 Å². The van der Waals surface area contributed by atoms with E-state index in [-0.39, 0.29) is 124 Å². The number of carbonyl (C=O) groups is 4. The van der Waals surface area contributed by atoms with Crippen molar-refractivity contribution in [2.24, 2.45) is 10.2 Å². The highest BCUT2D eigenvalue weighted by Gasteiger charge is 2.44. The Balaban J connectivity index is 0.666. The van der Waals surface area contributed by atoms with E-state index in [4.69, 9.17) is 54.1 Å². The number of carbonyl (C=O) groups excluding carboxylic acids is 4. The van der Waals surface area contributed by atoms with Gasteiger partial charge in [0.05, 0.1) is 54.0 Å². The van der Waals surface area contributed by atoms with Gasteiger partial charge in [-0.15, -0.1) is 11.3 Å². The molecule has 109 heavy (non-hydrogen) atoms. The van der Waals surface area contributed by atoms with E-state index in [1.165, 1.54) is 28.4 Å². The van der Waals surface area contributed by atoms with Crippen LogP contribution in [-0.2, 0) is 78.3 Å². The number of nitrogen functional groups attached to an aromatic ring is 1. The molecule has 3 aliphatic rings. The van der Waals surface area contributed by atoms with Crippen LogP contribution in [0.4, 0.5) is 11.5 Å². The first-order valence-corrected chi connectivity index (χ1v) is 40.6. The third-order valence-electron chi connectivity index (χ3n) is 17.0. The number of para-hydroxylation sites is 1. The monoisotopic (exact) mass is 1610 g/mol. The van der Waals surface area contributed by atoms with Crippen molar-refractivity contribution in [3.8, 4) is 39.3 Å². The predicted octanol–water partition coefficient (Wildman–Crippen LogP) is 7.35. The molecule has 6 unspecified atom stereocenters. The largest absolute Gasteiger partial charge is 0.491 e. The number of amides is 3. The van der Waals surface area contributed by atoms with E-state index in [0.29, 0.717) is 39.0 Å². The third-order valence-corrected chi connectivity index (χ3v) is 22.6. The number of nitrogens with one attached hydrogen (secondary N) is 2. The minimum atomic E-state index is -5.87. The number of anilines is 2. The summed E-state index contributed by atoms with van der Waals surface area (Å²) in [5.74, 6) is 2.76. The van der Waals surface area contributed by atoms with E-state index in [1.54, 1.807) is 36.4 Å². The molecular formula is C65H73N14O25P3S2. The molecule has 0 saturated carbocycles. The summed E-state index contributed by atoms with van der Waals surface area (Å²) >= 11 is 1.33. The fourth-order valence-corrected chi connectivity index (χ4v) is 16.9. The average molecular weight is 1610 g/mol. The maximum Gasteiger partial charge on any atom is 0.490 e. The van der Waals surface area contributed by atoms with E-state index in [9.17, 15) is 66.0 Å². The van der Waals surface area contributed by atoms with Crippen molar-refractivity contribution in [2.45, 2.75) is 88.9 Å². The maximum atomic E-state index is 15.1. The number of fused-ring (bicyclic) bond motifs is 3. The van der Waals surface area contributed by atoms with Gasteiger partial charge < -0.3 is 73.8 Å². The predicted molar refractivity (Wildman–Crippen MR) is 390 cm³/mol. The van der Waals surface area contributed by atoms with Crippen LogP contribution >= 0.6 is 34.8 Å². The van der Waals surface area contributed by atoms with Gasteiger partial charge in [0.15, 0.2) is 6.23 Å².